The third kappa shape index (κ3) is 4.34. The maximum Gasteiger partial charge on any atom is 0.269 e. The molecule has 1 aromatic rings. The topological polar surface area (TPSA) is 67.4 Å². The second-order valence-electron chi connectivity index (χ2n) is 4.88. The van der Waals surface area contributed by atoms with Crippen LogP contribution in [-0.4, -0.2) is 18.4 Å². The van der Waals surface area contributed by atoms with Crippen molar-refractivity contribution >= 4 is 11.8 Å². The van der Waals surface area contributed by atoms with Gasteiger partial charge >= 0.3 is 0 Å². The molecule has 1 unspecified atom stereocenters. The van der Waals surface area contributed by atoms with Gasteiger partial charge in [-0.15, -0.1) is 0 Å². The van der Waals surface area contributed by atoms with Gasteiger partial charge in [0.05, 0.1) is 6.61 Å². The third-order valence-corrected chi connectivity index (χ3v) is 3.37. The molecule has 21 heavy (non-hydrogen) atoms. The van der Waals surface area contributed by atoms with E-state index in [0.717, 1.165) is 19.3 Å². The van der Waals surface area contributed by atoms with Crippen molar-refractivity contribution in [1.29, 1.82) is 0 Å². The average molecular weight is 288 g/mol. The van der Waals surface area contributed by atoms with Crippen LogP contribution in [-0.2, 0) is 4.79 Å². The summed E-state index contributed by atoms with van der Waals surface area (Å²) in [6.07, 6.45) is 6.53. The van der Waals surface area contributed by atoms with Gasteiger partial charge in [0.1, 0.15) is 5.75 Å². The lowest BCUT2D eigenvalue weighted by Gasteiger charge is -2.17. The molecule has 0 aromatic heterocycles. The maximum atomic E-state index is 11.9. The molecule has 0 aliphatic heterocycles. The van der Waals surface area contributed by atoms with Crippen LogP contribution in [0.1, 0.15) is 36.5 Å². The molecule has 2 rings (SSSR count). The number of hydrogen-bond donors (Lipinski definition) is 2. The highest BCUT2D eigenvalue weighted by atomic mass is 16.5. The van der Waals surface area contributed by atoms with Gasteiger partial charge in [0.2, 0.25) is 5.91 Å². The van der Waals surface area contributed by atoms with E-state index in [1.807, 2.05) is 13.0 Å². The number of ether oxygens (including phenoxy) is 1. The molecule has 0 bridgehead atoms. The van der Waals surface area contributed by atoms with Gasteiger partial charge in [-0.2, -0.15) is 0 Å². The summed E-state index contributed by atoms with van der Waals surface area (Å²) in [6, 6.07) is 6.78. The molecule has 1 aromatic carbocycles. The summed E-state index contributed by atoms with van der Waals surface area (Å²) in [6.45, 7) is 2.48. The molecule has 0 heterocycles. The summed E-state index contributed by atoms with van der Waals surface area (Å²) in [5.41, 5.74) is 5.41. The fourth-order valence-corrected chi connectivity index (χ4v) is 2.19. The predicted molar refractivity (Wildman–Crippen MR) is 79.7 cm³/mol. The largest absolute Gasteiger partial charge is 0.494 e. The highest BCUT2D eigenvalue weighted by molar-refractivity contribution is 5.95. The Labute approximate surface area is 124 Å². The van der Waals surface area contributed by atoms with Crippen LogP contribution in [0.3, 0.4) is 0 Å². The minimum atomic E-state index is -0.335. The van der Waals surface area contributed by atoms with E-state index in [2.05, 4.69) is 16.9 Å². The molecule has 5 heteroatoms. The highest BCUT2D eigenvalue weighted by Crippen LogP contribution is 2.17. The Hall–Kier alpha value is -2.30. The lowest BCUT2D eigenvalue weighted by molar-refractivity contribution is -0.126. The van der Waals surface area contributed by atoms with Gasteiger partial charge in [-0.1, -0.05) is 12.2 Å². The van der Waals surface area contributed by atoms with Crippen molar-refractivity contribution in [2.75, 3.05) is 6.61 Å². The fourth-order valence-electron chi connectivity index (χ4n) is 2.19. The SMILES string of the molecule is CCOc1ccc(C(=O)NNC(=O)C2CC=CCC2)cc1. The molecule has 0 fully saturated rings. The molecule has 1 atom stereocenters. The van der Waals surface area contributed by atoms with Gasteiger partial charge in [0, 0.05) is 11.5 Å². The van der Waals surface area contributed by atoms with Gasteiger partial charge in [-0.05, 0) is 50.5 Å². The first kappa shape index (κ1) is 15.1. The van der Waals surface area contributed by atoms with Crippen LogP contribution < -0.4 is 15.6 Å². The van der Waals surface area contributed by atoms with E-state index in [1.165, 1.54) is 0 Å². The van der Waals surface area contributed by atoms with E-state index >= 15 is 0 Å². The van der Waals surface area contributed by atoms with Crippen LogP contribution >= 0.6 is 0 Å². The van der Waals surface area contributed by atoms with Crippen molar-refractivity contribution in [3.05, 3.63) is 42.0 Å². The Morgan fingerprint density at radius 1 is 1.19 bits per heavy atom. The minimum absolute atomic E-state index is 0.0596. The number of allylic oxidation sites excluding steroid dienone is 2. The molecule has 2 amide bonds. The van der Waals surface area contributed by atoms with Gasteiger partial charge in [0.15, 0.2) is 0 Å². The molecule has 0 spiro atoms. The summed E-state index contributed by atoms with van der Waals surface area (Å²) in [5.74, 6) is 0.180. The molecule has 1 aliphatic rings. The number of hydrazine groups is 1. The van der Waals surface area contributed by atoms with Crippen LogP contribution in [0.2, 0.25) is 0 Å². The van der Waals surface area contributed by atoms with E-state index in [-0.39, 0.29) is 17.7 Å². The highest BCUT2D eigenvalue weighted by Gasteiger charge is 2.19. The lowest BCUT2D eigenvalue weighted by Crippen LogP contribution is -2.44. The normalized spacial score (nSPS) is 17.1. The summed E-state index contributed by atoms with van der Waals surface area (Å²) in [5, 5.41) is 0. The first-order valence-electron chi connectivity index (χ1n) is 7.18. The standard InChI is InChI=1S/C16H20N2O3/c1-2-21-14-10-8-13(9-11-14)16(20)18-17-15(19)12-6-4-3-5-7-12/h3-4,8-12H,2,5-7H2,1H3,(H,17,19)(H,18,20). The van der Waals surface area contributed by atoms with E-state index in [9.17, 15) is 9.59 Å². The Kier molecular flexibility index (Phi) is 5.37. The number of carbonyl (C=O) groups is 2. The molecule has 112 valence electrons. The van der Waals surface area contributed by atoms with E-state index in [0.29, 0.717) is 17.9 Å². The summed E-state index contributed by atoms with van der Waals surface area (Å²) in [4.78, 5) is 23.8. The number of nitrogens with one attached hydrogen (secondary N) is 2. The Bertz CT molecular complexity index is 523. The van der Waals surface area contributed by atoms with Gasteiger partial charge < -0.3 is 4.74 Å². The quantitative estimate of drug-likeness (QED) is 0.659. The predicted octanol–water partition coefficient (Wildman–Crippen LogP) is 2.20. The van der Waals surface area contributed by atoms with Crippen molar-refractivity contribution in [3.63, 3.8) is 0 Å². The Balaban J connectivity index is 1.83. The van der Waals surface area contributed by atoms with Gasteiger partial charge in [0.25, 0.3) is 5.91 Å². The molecule has 5 nitrogen and oxygen atoms in total. The average Bonchev–Trinajstić information content (AvgIpc) is 2.54. The lowest BCUT2D eigenvalue weighted by atomic mass is 9.94. The molecule has 0 radical (unpaired) electrons. The first-order valence-corrected chi connectivity index (χ1v) is 7.18. The number of carbonyl (C=O) groups excluding carboxylic acids is 2. The molecular formula is C16H20N2O3. The summed E-state index contributed by atoms with van der Waals surface area (Å²) >= 11 is 0. The third-order valence-electron chi connectivity index (χ3n) is 3.37. The maximum absolute atomic E-state index is 11.9. The zero-order valence-electron chi connectivity index (χ0n) is 12.1. The van der Waals surface area contributed by atoms with Crippen LogP contribution in [0, 0.1) is 5.92 Å². The molecule has 2 N–H and O–H groups in total. The summed E-state index contributed by atoms with van der Waals surface area (Å²) < 4.78 is 5.31. The number of benzene rings is 1. The van der Waals surface area contributed by atoms with Crippen LogP contribution in [0.5, 0.6) is 5.75 Å². The monoisotopic (exact) mass is 288 g/mol. The van der Waals surface area contributed by atoms with Crippen molar-refractivity contribution < 1.29 is 14.3 Å². The Morgan fingerprint density at radius 2 is 1.95 bits per heavy atom. The van der Waals surface area contributed by atoms with Crippen LogP contribution in [0.15, 0.2) is 36.4 Å². The van der Waals surface area contributed by atoms with E-state index in [1.54, 1.807) is 24.3 Å². The van der Waals surface area contributed by atoms with Crippen molar-refractivity contribution in [2.24, 2.45) is 5.92 Å². The van der Waals surface area contributed by atoms with E-state index in [4.69, 9.17) is 4.74 Å². The Morgan fingerprint density at radius 3 is 2.57 bits per heavy atom. The van der Waals surface area contributed by atoms with Crippen molar-refractivity contribution in [1.82, 2.24) is 10.9 Å². The minimum Gasteiger partial charge on any atom is -0.494 e. The second-order valence-corrected chi connectivity index (χ2v) is 4.88. The number of hydrogen-bond acceptors (Lipinski definition) is 3. The second kappa shape index (κ2) is 7.47. The molecule has 0 saturated heterocycles. The van der Waals surface area contributed by atoms with E-state index < -0.39 is 0 Å². The van der Waals surface area contributed by atoms with Crippen molar-refractivity contribution in [2.45, 2.75) is 26.2 Å². The molecule has 0 saturated carbocycles. The number of amides is 2. The van der Waals surface area contributed by atoms with Crippen LogP contribution in [0.4, 0.5) is 0 Å². The molecular weight excluding hydrogens is 268 g/mol. The zero-order chi connectivity index (χ0) is 15.1. The fraction of sp³-hybridized carbons (Fsp3) is 0.375. The van der Waals surface area contributed by atoms with Crippen molar-refractivity contribution in [3.8, 4) is 5.75 Å². The first-order chi connectivity index (χ1) is 10.2. The van der Waals surface area contributed by atoms with Gasteiger partial charge in [-0.25, -0.2) is 0 Å². The van der Waals surface area contributed by atoms with Crippen LogP contribution in [0.25, 0.3) is 0 Å². The van der Waals surface area contributed by atoms with Gasteiger partial charge in [-0.3, -0.25) is 20.4 Å². The zero-order valence-corrected chi connectivity index (χ0v) is 12.1. The molecule has 1 aliphatic carbocycles. The smallest absolute Gasteiger partial charge is 0.269 e. The number of rotatable bonds is 4. The summed E-state index contributed by atoms with van der Waals surface area (Å²) in [7, 11) is 0.